The van der Waals surface area contributed by atoms with Gasteiger partial charge in [-0.25, -0.2) is 9.78 Å². The number of carboxylic acid groups (broad SMARTS) is 1. The van der Waals surface area contributed by atoms with Crippen LogP contribution in [0.2, 0.25) is 5.02 Å². The van der Waals surface area contributed by atoms with E-state index >= 15 is 0 Å². The summed E-state index contributed by atoms with van der Waals surface area (Å²) >= 11 is 6.43. The van der Waals surface area contributed by atoms with Crippen LogP contribution in [0.5, 0.6) is 11.5 Å². The molecule has 0 amide bonds. The first-order chi connectivity index (χ1) is 14.8. The predicted molar refractivity (Wildman–Crippen MR) is 119 cm³/mol. The Kier molecular flexibility index (Phi) is 5.45. The fourth-order valence-corrected chi connectivity index (χ4v) is 3.93. The Labute approximate surface area is 183 Å². The molecule has 0 radical (unpaired) electrons. The Morgan fingerprint density at radius 1 is 1.29 bits per heavy atom. The SMILES string of the molecule is COc1cc(C=C2CCn3c2nc2cc(C(=O)O)ccc2c3=O)cc(Cl)c1OC(C)C. The number of halogens is 1. The molecule has 3 aromatic rings. The number of nitrogens with zero attached hydrogens (tertiary/aromatic N) is 2. The van der Waals surface area contributed by atoms with E-state index in [0.717, 1.165) is 11.1 Å². The standard InChI is InChI=1S/C23H21ClN2O5/c1-12(2)31-20-17(24)9-13(10-19(20)30-3)8-14-6-7-26-21(14)25-18-11-15(23(28)29)4-5-16(18)22(26)27/h4-5,8-12H,6-7H2,1-3H3,(H,28,29). The molecule has 2 heterocycles. The van der Waals surface area contributed by atoms with Gasteiger partial charge in [0.15, 0.2) is 11.5 Å². The van der Waals surface area contributed by atoms with Gasteiger partial charge in [0.05, 0.1) is 34.7 Å². The number of hydrogen-bond donors (Lipinski definition) is 1. The summed E-state index contributed by atoms with van der Waals surface area (Å²) in [7, 11) is 1.55. The highest BCUT2D eigenvalue weighted by Crippen LogP contribution is 2.38. The molecular formula is C23H21ClN2O5. The van der Waals surface area contributed by atoms with Crippen LogP contribution in [-0.4, -0.2) is 33.8 Å². The van der Waals surface area contributed by atoms with Crippen LogP contribution in [0.4, 0.5) is 0 Å². The highest BCUT2D eigenvalue weighted by molar-refractivity contribution is 6.32. The van der Waals surface area contributed by atoms with Crippen LogP contribution < -0.4 is 15.0 Å². The number of aromatic nitrogens is 2. The average Bonchev–Trinajstić information content (AvgIpc) is 3.12. The Bertz CT molecular complexity index is 1290. The summed E-state index contributed by atoms with van der Waals surface area (Å²) in [5.74, 6) is 0.457. The second-order valence-corrected chi connectivity index (χ2v) is 7.96. The van der Waals surface area contributed by atoms with Gasteiger partial charge >= 0.3 is 5.97 Å². The first kappa shape index (κ1) is 20.9. The Morgan fingerprint density at radius 3 is 2.74 bits per heavy atom. The highest BCUT2D eigenvalue weighted by Gasteiger charge is 2.22. The van der Waals surface area contributed by atoms with Gasteiger partial charge < -0.3 is 14.6 Å². The summed E-state index contributed by atoms with van der Waals surface area (Å²) in [5, 5.41) is 10.1. The highest BCUT2D eigenvalue weighted by atomic mass is 35.5. The number of aromatic carboxylic acids is 1. The van der Waals surface area contributed by atoms with Crippen LogP contribution >= 0.6 is 11.6 Å². The summed E-state index contributed by atoms with van der Waals surface area (Å²) in [4.78, 5) is 28.8. The lowest BCUT2D eigenvalue weighted by Gasteiger charge is -2.15. The topological polar surface area (TPSA) is 90.7 Å². The van der Waals surface area contributed by atoms with Crippen molar-refractivity contribution in [2.24, 2.45) is 0 Å². The third-order valence-electron chi connectivity index (χ3n) is 5.04. The molecule has 1 aromatic heterocycles. The molecule has 0 spiro atoms. The molecule has 0 fully saturated rings. The quantitative estimate of drug-likeness (QED) is 0.628. The fourth-order valence-electron chi connectivity index (χ4n) is 3.66. The number of allylic oxidation sites excluding steroid dienone is 1. The smallest absolute Gasteiger partial charge is 0.335 e. The fraction of sp³-hybridized carbons (Fsp3) is 0.261. The third-order valence-corrected chi connectivity index (χ3v) is 5.32. The minimum atomic E-state index is -1.06. The predicted octanol–water partition coefficient (Wildman–Crippen LogP) is 4.49. The minimum absolute atomic E-state index is 0.0580. The second-order valence-electron chi connectivity index (χ2n) is 7.55. The van der Waals surface area contributed by atoms with Gasteiger partial charge in [-0.3, -0.25) is 9.36 Å². The lowest BCUT2D eigenvalue weighted by Crippen LogP contribution is -2.21. The van der Waals surface area contributed by atoms with Crippen molar-refractivity contribution in [1.29, 1.82) is 0 Å². The van der Waals surface area contributed by atoms with Crippen molar-refractivity contribution in [3.8, 4) is 11.5 Å². The molecule has 8 heteroatoms. The third kappa shape index (κ3) is 3.88. The summed E-state index contributed by atoms with van der Waals surface area (Å²) in [6, 6.07) is 7.95. The van der Waals surface area contributed by atoms with E-state index in [2.05, 4.69) is 4.98 Å². The van der Waals surface area contributed by atoms with Crippen molar-refractivity contribution >= 4 is 40.1 Å². The maximum absolute atomic E-state index is 12.9. The summed E-state index contributed by atoms with van der Waals surface area (Å²) in [5.41, 5.74) is 1.91. The number of fused-ring (bicyclic) bond motifs is 2. The Morgan fingerprint density at radius 2 is 2.06 bits per heavy atom. The monoisotopic (exact) mass is 440 g/mol. The van der Waals surface area contributed by atoms with Gasteiger partial charge in [-0.15, -0.1) is 0 Å². The van der Waals surface area contributed by atoms with Gasteiger partial charge in [0, 0.05) is 6.54 Å². The molecule has 0 bridgehead atoms. The molecule has 0 atom stereocenters. The molecule has 160 valence electrons. The molecule has 1 aliphatic rings. The number of ether oxygens (including phenoxy) is 2. The zero-order chi connectivity index (χ0) is 22.3. The van der Waals surface area contributed by atoms with Gasteiger partial charge in [0.1, 0.15) is 5.82 Å². The van der Waals surface area contributed by atoms with E-state index in [0.29, 0.717) is 46.2 Å². The van der Waals surface area contributed by atoms with Crippen molar-refractivity contribution in [3.05, 3.63) is 62.7 Å². The number of carboxylic acids is 1. The number of carbonyl (C=O) groups is 1. The normalized spacial score (nSPS) is 14.3. The Hall–Kier alpha value is -3.32. The van der Waals surface area contributed by atoms with Gasteiger partial charge in [0.25, 0.3) is 5.56 Å². The molecule has 0 saturated carbocycles. The lowest BCUT2D eigenvalue weighted by molar-refractivity contribution is 0.0697. The van der Waals surface area contributed by atoms with Crippen molar-refractivity contribution in [2.45, 2.75) is 32.9 Å². The van der Waals surface area contributed by atoms with Crippen LogP contribution in [0, 0.1) is 0 Å². The van der Waals surface area contributed by atoms with E-state index in [1.54, 1.807) is 17.7 Å². The van der Waals surface area contributed by atoms with Crippen LogP contribution in [0.25, 0.3) is 22.6 Å². The molecule has 2 aromatic carbocycles. The van der Waals surface area contributed by atoms with E-state index in [4.69, 9.17) is 21.1 Å². The number of benzene rings is 2. The molecule has 0 unspecified atom stereocenters. The van der Waals surface area contributed by atoms with E-state index in [9.17, 15) is 14.7 Å². The molecule has 0 saturated heterocycles. The molecule has 4 rings (SSSR count). The molecular weight excluding hydrogens is 420 g/mol. The molecule has 1 N–H and O–H groups in total. The van der Waals surface area contributed by atoms with Gasteiger partial charge in [-0.1, -0.05) is 11.6 Å². The minimum Gasteiger partial charge on any atom is -0.493 e. The van der Waals surface area contributed by atoms with Crippen molar-refractivity contribution < 1.29 is 19.4 Å². The summed E-state index contributed by atoms with van der Waals surface area (Å²) < 4.78 is 12.8. The van der Waals surface area contributed by atoms with Crippen LogP contribution in [-0.2, 0) is 6.54 Å². The molecule has 7 nitrogen and oxygen atoms in total. The summed E-state index contributed by atoms with van der Waals surface area (Å²) in [6.07, 6.45) is 2.47. The van der Waals surface area contributed by atoms with Crippen molar-refractivity contribution in [1.82, 2.24) is 9.55 Å². The lowest BCUT2D eigenvalue weighted by atomic mass is 10.1. The van der Waals surface area contributed by atoms with E-state index in [-0.39, 0.29) is 17.2 Å². The molecule has 0 aliphatic carbocycles. The number of hydrogen-bond acceptors (Lipinski definition) is 5. The second kappa shape index (κ2) is 8.07. The first-order valence-corrected chi connectivity index (χ1v) is 10.2. The van der Waals surface area contributed by atoms with Crippen molar-refractivity contribution in [3.63, 3.8) is 0 Å². The van der Waals surface area contributed by atoms with Gasteiger partial charge in [0.2, 0.25) is 0 Å². The van der Waals surface area contributed by atoms with Crippen LogP contribution in [0.15, 0.2) is 35.1 Å². The maximum Gasteiger partial charge on any atom is 0.335 e. The molecule has 1 aliphatic heterocycles. The average molecular weight is 441 g/mol. The van der Waals surface area contributed by atoms with Crippen molar-refractivity contribution in [2.75, 3.05) is 7.11 Å². The largest absolute Gasteiger partial charge is 0.493 e. The first-order valence-electron chi connectivity index (χ1n) is 9.81. The van der Waals surface area contributed by atoms with Crippen LogP contribution in [0.1, 0.15) is 42.0 Å². The maximum atomic E-state index is 12.9. The summed E-state index contributed by atoms with van der Waals surface area (Å²) in [6.45, 7) is 4.32. The van der Waals surface area contributed by atoms with Crippen LogP contribution in [0.3, 0.4) is 0 Å². The van der Waals surface area contributed by atoms with Gasteiger partial charge in [-0.05, 0) is 67.8 Å². The zero-order valence-electron chi connectivity index (χ0n) is 17.3. The zero-order valence-corrected chi connectivity index (χ0v) is 18.1. The molecule has 31 heavy (non-hydrogen) atoms. The van der Waals surface area contributed by atoms with E-state index < -0.39 is 5.97 Å². The van der Waals surface area contributed by atoms with E-state index in [1.807, 2.05) is 26.0 Å². The number of rotatable bonds is 5. The number of methoxy groups -OCH3 is 1. The van der Waals surface area contributed by atoms with Gasteiger partial charge in [-0.2, -0.15) is 0 Å². The van der Waals surface area contributed by atoms with E-state index in [1.165, 1.54) is 18.2 Å². The Balaban J connectivity index is 1.82.